The van der Waals surface area contributed by atoms with E-state index in [1.807, 2.05) is 12.1 Å². The van der Waals surface area contributed by atoms with Crippen LogP contribution in [0.5, 0.6) is 5.75 Å². The zero-order valence-electron chi connectivity index (χ0n) is 10.1. The summed E-state index contributed by atoms with van der Waals surface area (Å²) in [6.45, 7) is 0.703. The molecule has 0 aromatic heterocycles. The maximum absolute atomic E-state index is 9.73. The van der Waals surface area contributed by atoms with Crippen LogP contribution in [0.15, 0.2) is 24.3 Å². The Hall–Kier alpha value is -1.06. The molecule has 0 saturated heterocycles. The van der Waals surface area contributed by atoms with Crippen LogP contribution < -0.4 is 5.73 Å². The summed E-state index contributed by atoms with van der Waals surface area (Å²) in [6.07, 6.45) is 4.38. The smallest absolute Gasteiger partial charge is 0.115 e. The fraction of sp³-hybridized carbons (Fsp3) is 0.571. The third-order valence-corrected chi connectivity index (χ3v) is 4.16. The molecule has 0 amide bonds. The Morgan fingerprint density at radius 2 is 2.00 bits per heavy atom. The van der Waals surface area contributed by atoms with E-state index in [-0.39, 0.29) is 23.7 Å². The molecule has 1 saturated carbocycles. The average molecular weight is 235 g/mol. The highest BCUT2D eigenvalue weighted by molar-refractivity contribution is 5.31. The second-order valence-electron chi connectivity index (χ2n) is 5.11. The molecule has 1 aromatic rings. The molecule has 0 bridgehead atoms. The van der Waals surface area contributed by atoms with Crippen molar-refractivity contribution in [3.05, 3.63) is 29.8 Å². The number of phenols is 1. The number of phenolic OH excluding ortho intramolecular Hbond substituents is 1. The van der Waals surface area contributed by atoms with Crippen LogP contribution in [0.4, 0.5) is 0 Å². The lowest BCUT2D eigenvalue weighted by molar-refractivity contribution is 0.102. The van der Waals surface area contributed by atoms with E-state index in [0.29, 0.717) is 6.54 Å². The van der Waals surface area contributed by atoms with Gasteiger partial charge >= 0.3 is 0 Å². The van der Waals surface area contributed by atoms with Crippen molar-refractivity contribution in [1.82, 2.24) is 0 Å². The Morgan fingerprint density at radius 3 is 2.53 bits per heavy atom. The molecule has 0 heterocycles. The average Bonchev–Trinajstić information content (AvgIpc) is 2.80. The van der Waals surface area contributed by atoms with Crippen LogP contribution >= 0.6 is 0 Å². The zero-order chi connectivity index (χ0) is 12.3. The summed E-state index contributed by atoms with van der Waals surface area (Å²) in [6, 6.07) is 7.27. The van der Waals surface area contributed by atoms with Crippen LogP contribution in [0.25, 0.3) is 0 Å². The van der Waals surface area contributed by atoms with E-state index in [1.165, 1.54) is 0 Å². The topological polar surface area (TPSA) is 66.5 Å². The maximum atomic E-state index is 9.73. The maximum Gasteiger partial charge on any atom is 0.115 e. The van der Waals surface area contributed by atoms with Gasteiger partial charge in [-0.3, -0.25) is 0 Å². The van der Waals surface area contributed by atoms with Crippen molar-refractivity contribution in [3.8, 4) is 5.75 Å². The molecule has 1 atom stereocenters. The molecule has 2 rings (SSSR count). The van der Waals surface area contributed by atoms with Crippen molar-refractivity contribution < 1.29 is 10.2 Å². The van der Waals surface area contributed by atoms with Gasteiger partial charge in [0.15, 0.2) is 0 Å². The lowest BCUT2D eigenvalue weighted by atomic mass is 9.71. The Kier molecular flexibility index (Phi) is 3.69. The van der Waals surface area contributed by atoms with Crippen molar-refractivity contribution in [2.24, 2.45) is 11.1 Å². The summed E-state index contributed by atoms with van der Waals surface area (Å²) in [5, 5.41) is 19.3. The van der Waals surface area contributed by atoms with Crippen LogP contribution in [0.1, 0.15) is 37.2 Å². The van der Waals surface area contributed by atoms with Gasteiger partial charge in [-0.2, -0.15) is 0 Å². The van der Waals surface area contributed by atoms with Gasteiger partial charge in [0, 0.05) is 17.9 Å². The van der Waals surface area contributed by atoms with Gasteiger partial charge in [-0.1, -0.05) is 25.0 Å². The quantitative estimate of drug-likeness (QED) is 0.747. The van der Waals surface area contributed by atoms with Crippen molar-refractivity contribution in [2.45, 2.75) is 31.6 Å². The SMILES string of the molecule is NC[C@H](c1cccc(O)c1)C1(CO)CCCC1. The molecular weight excluding hydrogens is 214 g/mol. The van der Waals surface area contributed by atoms with E-state index >= 15 is 0 Å². The molecule has 1 aliphatic carbocycles. The van der Waals surface area contributed by atoms with Crippen LogP contribution in [0.3, 0.4) is 0 Å². The predicted octanol–water partition coefficient (Wildman–Crippen LogP) is 1.99. The fourth-order valence-corrected chi connectivity index (χ4v) is 3.18. The molecule has 1 aromatic carbocycles. The van der Waals surface area contributed by atoms with Gasteiger partial charge in [-0.25, -0.2) is 0 Å². The highest BCUT2D eigenvalue weighted by Gasteiger charge is 2.40. The minimum atomic E-state index is -0.0808. The minimum Gasteiger partial charge on any atom is -0.508 e. The van der Waals surface area contributed by atoms with Gasteiger partial charge < -0.3 is 15.9 Å². The normalized spacial score (nSPS) is 20.4. The Labute approximate surface area is 102 Å². The largest absolute Gasteiger partial charge is 0.508 e. The third-order valence-electron chi connectivity index (χ3n) is 4.16. The lowest BCUT2D eigenvalue weighted by Gasteiger charge is -2.35. The molecule has 4 N–H and O–H groups in total. The van der Waals surface area contributed by atoms with Crippen LogP contribution in [0.2, 0.25) is 0 Å². The predicted molar refractivity (Wildman–Crippen MR) is 67.9 cm³/mol. The van der Waals surface area contributed by atoms with Gasteiger partial charge in [0.1, 0.15) is 5.75 Å². The van der Waals surface area contributed by atoms with Crippen molar-refractivity contribution >= 4 is 0 Å². The van der Waals surface area contributed by atoms with Gasteiger partial charge in [-0.15, -0.1) is 0 Å². The number of benzene rings is 1. The van der Waals surface area contributed by atoms with Gasteiger partial charge in [0.25, 0.3) is 0 Å². The summed E-state index contributed by atoms with van der Waals surface area (Å²) < 4.78 is 0. The fourth-order valence-electron chi connectivity index (χ4n) is 3.18. The third kappa shape index (κ3) is 2.31. The van der Waals surface area contributed by atoms with Gasteiger partial charge in [0.05, 0.1) is 0 Å². The van der Waals surface area contributed by atoms with E-state index in [2.05, 4.69) is 0 Å². The van der Waals surface area contributed by atoms with Crippen LogP contribution in [0, 0.1) is 5.41 Å². The molecule has 17 heavy (non-hydrogen) atoms. The van der Waals surface area contributed by atoms with Gasteiger partial charge in [0.2, 0.25) is 0 Å². The second-order valence-corrected chi connectivity index (χ2v) is 5.11. The number of nitrogens with two attached hydrogens (primary N) is 1. The Bertz CT molecular complexity index is 372. The molecule has 0 spiro atoms. The second kappa shape index (κ2) is 5.07. The number of hydrogen-bond acceptors (Lipinski definition) is 3. The van der Waals surface area contributed by atoms with E-state index in [4.69, 9.17) is 5.73 Å². The monoisotopic (exact) mass is 235 g/mol. The highest BCUT2D eigenvalue weighted by Crippen LogP contribution is 2.48. The molecule has 94 valence electrons. The van der Waals surface area contributed by atoms with Crippen molar-refractivity contribution in [2.75, 3.05) is 13.2 Å². The van der Waals surface area contributed by atoms with E-state index in [9.17, 15) is 10.2 Å². The number of hydrogen-bond donors (Lipinski definition) is 3. The molecule has 3 heteroatoms. The first-order valence-electron chi connectivity index (χ1n) is 6.32. The number of rotatable bonds is 4. The van der Waals surface area contributed by atoms with Crippen molar-refractivity contribution in [3.63, 3.8) is 0 Å². The first kappa shape index (κ1) is 12.4. The summed E-state index contributed by atoms with van der Waals surface area (Å²) in [5.74, 6) is 0.411. The molecule has 0 aliphatic heterocycles. The van der Waals surface area contributed by atoms with E-state index in [1.54, 1.807) is 12.1 Å². The van der Waals surface area contributed by atoms with E-state index in [0.717, 1.165) is 31.2 Å². The Morgan fingerprint density at radius 1 is 1.29 bits per heavy atom. The van der Waals surface area contributed by atoms with Crippen LogP contribution in [-0.4, -0.2) is 23.4 Å². The number of aromatic hydroxyl groups is 1. The number of aliphatic hydroxyl groups is 1. The molecule has 0 unspecified atom stereocenters. The number of aliphatic hydroxyl groups excluding tert-OH is 1. The Balaban J connectivity index is 2.32. The summed E-state index contributed by atoms with van der Waals surface area (Å²) in [4.78, 5) is 0. The summed E-state index contributed by atoms with van der Waals surface area (Å²) >= 11 is 0. The summed E-state index contributed by atoms with van der Waals surface area (Å²) in [5.41, 5.74) is 6.87. The molecule has 1 aliphatic rings. The minimum absolute atomic E-state index is 0.0808. The zero-order valence-corrected chi connectivity index (χ0v) is 10.1. The summed E-state index contributed by atoms with van der Waals surface area (Å²) in [7, 11) is 0. The molecular formula is C14H21NO2. The van der Waals surface area contributed by atoms with Crippen LogP contribution in [-0.2, 0) is 0 Å². The highest BCUT2D eigenvalue weighted by atomic mass is 16.3. The first-order chi connectivity index (χ1) is 8.22. The standard InChI is InChI=1S/C14H21NO2/c15-9-13(11-4-3-5-12(17)8-11)14(10-16)6-1-2-7-14/h3-5,8,13,16-17H,1-2,6-7,9-10,15H2/t13-/m1/s1. The molecule has 0 radical (unpaired) electrons. The van der Waals surface area contributed by atoms with Gasteiger partial charge in [-0.05, 0) is 37.1 Å². The molecule has 1 fully saturated rings. The lowest BCUT2D eigenvalue weighted by Crippen LogP contribution is -2.34. The molecule has 3 nitrogen and oxygen atoms in total. The first-order valence-corrected chi connectivity index (χ1v) is 6.32. The van der Waals surface area contributed by atoms with Crippen molar-refractivity contribution in [1.29, 1.82) is 0 Å². The van der Waals surface area contributed by atoms with E-state index < -0.39 is 0 Å².